The van der Waals surface area contributed by atoms with Gasteiger partial charge in [-0.2, -0.15) is 0 Å². The predicted molar refractivity (Wildman–Crippen MR) is 113 cm³/mol. The van der Waals surface area contributed by atoms with Crippen molar-refractivity contribution in [1.29, 1.82) is 0 Å². The number of rotatable bonds is 8. The van der Waals surface area contributed by atoms with Crippen LogP contribution in [0, 0.1) is 0 Å². The van der Waals surface area contributed by atoms with Crippen LogP contribution in [0.15, 0.2) is 47.6 Å². The zero-order valence-corrected chi connectivity index (χ0v) is 17.6. The van der Waals surface area contributed by atoms with Crippen molar-refractivity contribution in [3.63, 3.8) is 0 Å². The molecule has 3 rings (SSSR count). The summed E-state index contributed by atoms with van der Waals surface area (Å²) in [6.07, 6.45) is 0.836. The Morgan fingerprint density at radius 3 is 2.69 bits per heavy atom. The molecule has 7 heteroatoms. The molecule has 0 bridgehead atoms. The molecule has 0 spiro atoms. The third kappa shape index (κ3) is 5.21. The van der Waals surface area contributed by atoms with E-state index >= 15 is 0 Å². The van der Waals surface area contributed by atoms with Gasteiger partial charge in [0.25, 0.3) is 0 Å². The molecule has 6 nitrogen and oxygen atoms in total. The Morgan fingerprint density at radius 2 is 2.00 bits per heavy atom. The topological polar surface area (TPSA) is 60.4 Å². The second-order valence-electron chi connectivity index (χ2n) is 6.80. The number of nitrogens with zero attached hydrogens (tertiary/aromatic N) is 2. The second-order valence-corrected chi connectivity index (χ2v) is 7.23. The van der Waals surface area contributed by atoms with Gasteiger partial charge in [-0.15, -0.1) is 0 Å². The molecule has 0 fully saturated rings. The number of carbonyl (C=O) groups excluding carboxylic acids is 1. The minimum Gasteiger partial charge on any atom is -0.493 e. The van der Waals surface area contributed by atoms with Crippen molar-refractivity contribution >= 4 is 23.2 Å². The Hall–Kier alpha value is -2.73. The quantitative estimate of drug-likeness (QED) is 0.644. The van der Waals surface area contributed by atoms with E-state index in [1.807, 2.05) is 49.4 Å². The summed E-state index contributed by atoms with van der Waals surface area (Å²) in [6.45, 7) is 2.80. The second kappa shape index (κ2) is 9.65. The smallest absolute Gasteiger partial charge is 0.222 e. The van der Waals surface area contributed by atoms with E-state index in [1.165, 1.54) is 0 Å². The Labute approximate surface area is 176 Å². The Morgan fingerprint density at radius 1 is 1.21 bits per heavy atom. The number of hydrogen-bond acceptors (Lipinski definition) is 5. The standard InChI is InChI=1S/C22H25ClN2O4/c1-4-22(26)25(13-15-6-5-7-17(23)10-15)14-18-12-19(24-29-18)16-8-9-20(27-2)21(11-16)28-3/h5-11,18H,4,12-14H2,1-3H3/t18-/m1/s1. The third-order valence-corrected chi connectivity index (χ3v) is 5.03. The highest BCUT2D eigenvalue weighted by atomic mass is 35.5. The SMILES string of the molecule is CCC(=O)N(Cc1cccc(Cl)c1)C[C@H]1CC(c2ccc(OC)c(OC)c2)=NO1. The summed E-state index contributed by atoms with van der Waals surface area (Å²) in [5, 5.41) is 4.89. The maximum atomic E-state index is 12.5. The van der Waals surface area contributed by atoms with Crippen LogP contribution < -0.4 is 9.47 Å². The summed E-state index contributed by atoms with van der Waals surface area (Å²) in [5.41, 5.74) is 2.72. The maximum absolute atomic E-state index is 12.5. The van der Waals surface area contributed by atoms with Gasteiger partial charge in [0.15, 0.2) is 17.6 Å². The van der Waals surface area contributed by atoms with Gasteiger partial charge in [0.05, 0.1) is 26.5 Å². The number of carbonyl (C=O) groups is 1. The van der Waals surface area contributed by atoms with Crippen LogP contribution in [0.2, 0.25) is 5.02 Å². The molecule has 1 heterocycles. The molecular formula is C22H25ClN2O4. The van der Waals surface area contributed by atoms with Crippen molar-refractivity contribution < 1.29 is 19.1 Å². The zero-order valence-electron chi connectivity index (χ0n) is 16.9. The molecule has 0 aliphatic carbocycles. The van der Waals surface area contributed by atoms with Crippen LogP contribution in [0.25, 0.3) is 0 Å². The number of ether oxygens (including phenoxy) is 2. The minimum absolute atomic E-state index is 0.0631. The van der Waals surface area contributed by atoms with E-state index in [4.69, 9.17) is 25.9 Å². The van der Waals surface area contributed by atoms with Crippen LogP contribution in [0.3, 0.4) is 0 Å². The lowest BCUT2D eigenvalue weighted by Gasteiger charge is -2.24. The van der Waals surface area contributed by atoms with Crippen LogP contribution in [0.1, 0.15) is 30.9 Å². The van der Waals surface area contributed by atoms with Crippen molar-refractivity contribution in [2.45, 2.75) is 32.4 Å². The molecule has 1 amide bonds. The van der Waals surface area contributed by atoms with E-state index in [2.05, 4.69) is 5.16 Å². The molecule has 0 saturated carbocycles. The number of amides is 1. The normalized spacial score (nSPS) is 15.4. The first-order valence-corrected chi connectivity index (χ1v) is 9.89. The lowest BCUT2D eigenvalue weighted by Crippen LogP contribution is -2.36. The molecule has 0 N–H and O–H groups in total. The monoisotopic (exact) mass is 416 g/mol. The number of methoxy groups -OCH3 is 2. The van der Waals surface area contributed by atoms with E-state index in [-0.39, 0.29) is 12.0 Å². The molecular weight excluding hydrogens is 392 g/mol. The lowest BCUT2D eigenvalue weighted by molar-refractivity contribution is -0.133. The van der Waals surface area contributed by atoms with Gasteiger partial charge in [-0.25, -0.2) is 0 Å². The van der Waals surface area contributed by atoms with Crippen LogP contribution in [0.4, 0.5) is 0 Å². The van der Waals surface area contributed by atoms with Crippen molar-refractivity contribution in [1.82, 2.24) is 4.90 Å². The fourth-order valence-corrected chi connectivity index (χ4v) is 3.51. The van der Waals surface area contributed by atoms with E-state index in [0.29, 0.717) is 42.5 Å². The molecule has 0 radical (unpaired) electrons. The van der Waals surface area contributed by atoms with Crippen molar-refractivity contribution in [3.05, 3.63) is 58.6 Å². The first-order valence-electron chi connectivity index (χ1n) is 9.51. The van der Waals surface area contributed by atoms with Crippen LogP contribution in [-0.2, 0) is 16.2 Å². The van der Waals surface area contributed by atoms with E-state index in [1.54, 1.807) is 19.1 Å². The Bertz CT molecular complexity index is 900. The van der Waals surface area contributed by atoms with Gasteiger partial charge >= 0.3 is 0 Å². The Balaban J connectivity index is 1.68. The summed E-state index contributed by atoms with van der Waals surface area (Å²) < 4.78 is 10.6. The number of oxime groups is 1. The van der Waals surface area contributed by atoms with Gasteiger partial charge < -0.3 is 19.2 Å². The van der Waals surface area contributed by atoms with Crippen molar-refractivity contribution in [2.75, 3.05) is 20.8 Å². The minimum atomic E-state index is -0.201. The molecule has 2 aromatic rings. The van der Waals surface area contributed by atoms with Gasteiger partial charge in [0, 0.05) is 30.0 Å². The molecule has 0 aromatic heterocycles. The van der Waals surface area contributed by atoms with Gasteiger partial charge in [0.1, 0.15) is 0 Å². The number of halogens is 1. The maximum Gasteiger partial charge on any atom is 0.222 e. The molecule has 29 heavy (non-hydrogen) atoms. The number of benzene rings is 2. The summed E-state index contributed by atoms with van der Waals surface area (Å²) in [4.78, 5) is 19.9. The predicted octanol–water partition coefficient (Wildman–Crippen LogP) is 4.29. The molecule has 0 saturated heterocycles. The Kier molecular flexibility index (Phi) is 6.99. The first-order chi connectivity index (χ1) is 14.0. The zero-order chi connectivity index (χ0) is 20.8. The van der Waals surface area contributed by atoms with Crippen LogP contribution in [0.5, 0.6) is 11.5 Å². The highest BCUT2D eigenvalue weighted by molar-refractivity contribution is 6.30. The van der Waals surface area contributed by atoms with Gasteiger partial charge in [-0.1, -0.05) is 35.8 Å². The molecule has 1 atom stereocenters. The van der Waals surface area contributed by atoms with Crippen LogP contribution >= 0.6 is 11.6 Å². The fourth-order valence-electron chi connectivity index (χ4n) is 3.29. The van der Waals surface area contributed by atoms with Gasteiger partial charge in [0.2, 0.25) is 5.91 Å². The highest BCUT2D eigenvalue weighted by Gasteiger charge is 2.27. The average Bonchev–Trinajstić information content (AvgIpc) is 3.20. The molecule has 1 aliphatic heterocycles. The lowest BCUT2D eigenvalue weighted by atomic mass is 10.0. The van der Waals surface area contributed by atoms with E-state index in [9.17, 15) is 4.79 Å². The molecule has 1 aliphatic rings. The molecule has 0 unspecified atom stereocenters. The average molecular weight is 417 g/mol. The summed E-state index contributed by atoms with van der Waals surface area (Å²) in [6, 6.07) is 13.2. The fraction of sp³-hybridized carbons (Fsp3) is 0.364. The third-order valence-electron chi connectivity index (χ3n) is 4.79. The summed E-state index contributed by atoms with van der Waals surface area (Å²) in [5.74, 6) is 1.36. The van der Waals surface area contributed by atoms with Gasteiger partial charge in [-0.05, 0) is 35.9 Å². The van der Waals surface area contributed by atoms with Crippen molar-refractivity contribution in [3.8, 4) is 11.5 Å². The summed E-state index contributed by atoms with van der Waals surface area (Å²) in [7, 11) is 3.20. The van der Waals surface area contributed by atoms with Crippen molar-refractivity contribution in [2.24, 2.45) is 5.16 Å². The van der Waals surface area contributed by atoms with E-state index < -0.39 is 0 Å². The van der Waals surface area contributed by atoms with Crippen LogP contribution in [-0.4, -0.2) is 43.4 Å². The van der Waals surface area contributed by atoms with Gasteiger partial charge in [-0.3, -0.25) is 4.79 Å². The van der Waals surface area contributed by atoms with E-state index in [0.717, 1.165) is 16.8 Å². The molecule has 2 aromatic carbocycles. The first kappa shape index (κ1) is 21.0. The molecule has 154 valence electrons. The summed E-state index contributed by atoms with van der Waals surface area (Å²) >= 11 is 6.08. The highest BCUT2D eigenvalue weighted by Crippen LogP contribution is 2.29. The largest absolute Gasteiger partial charge is 0.493 e. The number of hydrogen-bond donors (Lipinski definition) is 0.